The topological polar surface area (TPSA) is 78.9 Å². The van der Waals surface area contributed by atoms with Crippen molar-refractivity contribution in [3.05, 3.63) is 60.8 Å². The predicted molar refractivity (Wildman–Crippen MR) is 293 cm³/mol. The van der Waals surface area contributed by atoms with Gasteiger partial charge < -0.3 is 14.2 Å². The van der Waals surface area contributed by atoms with Crippen molar-refractivity contribution in [2.45, 2.75) is 303 Å². The van der Waals surface area contributed by atoms with Gasteiger partial charge >= 0.3 is 17.9 Å². The van der Waals surface area contributed by atoms with E-state index >= 15 is 0 Å². The molecular weight excluding hydrogens is 841 g/mol. The SMILES string of the molecule is CCCCCC/C=C\C/C=C\CCCCCCCC(=O)OC(COC(=O)CCCCCCCCCCC)COC(=O)CCCCCCCCCCCC/C=C\C/C=C\C/C=C\CCCCCCC. The molecule has 0 fully saturated rings. The molecule has 0 aromatic heterocycles. The highest BCUT2D eigenvalue weighted by Gasteiger charge is 2.19. The molecule has 1 unspecified atom stereocenters. The highest BCUT2D eigenvalue weighted by Crippen LogP contribution is 2.15. The van der Waals surface area contributed by atoms with Crippen LogP contribution >= 0.6 is 0 Å². The van der Waals surface area contributed by atoms with Crippen molar-refractivity contribution in [3.8, 4) is 0 Å². The molecule has 1 atom stereocenters. The van der Waals surface area contributed by atoms with E-state index in [9.17, 15) is 14.4 Å². The molecule has 0 heterocycles. The van der Waals surface area contributed by atoms with E-state index in [2.05, 4.69) is 81.5 Å². The summed E-state index contributed by atoms with van der Waals surface area (Å²) in [6.45, 7) is 6.60. The first-order valence-corrected chi connectivity index (χ1v) is 29.3. The first-order valence-electron chi connectivity index (χ1n) is 29.3. The van der Waals surface area contributed by atoms with Gasteiger partial charge in [-0.1, -0.05) is 248 Å². The molecule has 0 aromatic rings. The van der Waals surface area contributed by atoms with E-state index in [0.717, 1.165) is 96.3 Å². The summed E-state index contributed by atoms with van der Waals surface area (Å²) in [5, 5.41) is 0. The van der Waals surface area contributed by atoms with E-state index in [0.29, 0.717) is 19.3 Å². The van der Waals surface area contributed by atoms with Crippen LogP contribution in [-0.4, -0.2) is 37.2 Å². The van der Waals surface area contributed by atoms with E-state index in [-0.39, 0.29) is 31.1 Å². The Morgan fingerprint density at radius 3 is 0.838 bits per heavy atom. The van der Waals surface area contributed by atoms with Crippen LogP contribution in [0.5, 0.6) is 0 Å². The van der Waals surface area contributed by atoms with Crippen LogP contribution < -0.4 is 0 Å². The molecule has 0 N–H and O–H groups in total. The third kappa shape index (κ3) is 54.1. The molecule has 68 heavy (non-hydrogen) atoms. The summed E-state index contributed by atoms with van der Waals surface area (Å²) in [6.07, 6.45) is 70.8. The van der Waals surface area contributed by atoms with Crippen LogP contribution in [0.2, 0.25) is 0 Å². The number of unbranched alkanes of at least 4 members (excludes halogenated alkanes) is 32. The lowest BCUT2D eigenvalue weighted by Crippen LogP contribution is -2.30. The normalized spacial score (nSPS) is 12.5. The van der Waals surface area contributed by atoms with Crippen molar-refractivity contribution in [1.29, 1.82) is 0 Å². The molecule has 0 aromatic carbocycles. The van der Waals surface area contributed by atoms with E-state index in [1.54, 1.807) is 0 Å². The van der Waals surface area contributed by atoms with Gasteiger partial charge in [-0.15, -0.1) is 0 Å². The quantitative estimate of drug-likeness (QED) is 0.0262. The highest BCUT2D eigenvalue weighted by molar-refractivity contribution is 5.71. The maximum absolute atomic E-state index is 12.8. The Labute approximate surface area is 421 Å². The Morgan fingerprint density at radius 2 is 0.529 bits per heavy atom. The van der Waals surface area contributed by atoms with Gasteiger partial charge in [0.25, 0.3) is 0 Å². The lowest BCUT2D eigenvalue weighted by atomic mass is 10.1. The van der Waals surface area contributed by atoms with Crippen molar-refractivity contribution in [2.75, 3.05) is 13.2 Å². The smallest absolute Gasteiger partial charge is 0.306 e. The average Bonchev–Trinajstić information content (AvgIpc) is 3.34. The monoisotopic (exact) mass is 951 g/mol. The maximum atomic E-state index is 12.8. The largest absolute Gasteiger partial charge is 0.462 e. The Hall–Kier alpha value is -2.89. The van der Waals surface area contributed by atoms with Gasteiger partial charge in [0.15, 0.2) is 6.10 Å². The van der Waals surface area contributed by atoms with Gasteiger partial charge in [0.2, 0.25) is 0 Å². The van der Waals surface area contributed by atoms with E-state index in [1.807, 2.05) is 0 Å². The van der Waals surface area contributed by atoms with E-state index in [1.165, 1.54) is 161 Å². The molecule has 0 amide bonds. The van der Waals surface area contributed by atoms with Crippen molar-refractivity contribution in [2.24, 2.45) is 0 Å². The fraction of sp³-hybridized carbons (Fsp3) is 0.790. The number of rotatable bonds is 53. The minimum Gasteiger partial charge on any atom is -0.462 e. The van der Waals surface area contributed by atoms with Crippen LogP contribution in [0.4, 0.5) is 0 Å². The lowest BCUT2D eigenvalue weighted by molar-refractivity contribution is -0.167. The summed E-state index contributed by atoms with van der Waals surface area (Å²) in [7, 11) is 0. The molecular formula is C62H110O6. The van der Waals surface area contributed by atoms with Gasteiger partial charge in [0.1, 0.15) is 13.2 Å². The number of hydrogen-bond donors (Lipinski definition) is 0. The highest BCUT2D eigenvalue weighted by atomic mass is 16.6. The molecule has 0 bridgehead atoms. The maximum Gasteiger partial charge on any atom is 0.306 e. The third-order valence-electron chi connectivity index (χ3n) is 12.7. The average molecular weight is 952 g/mol. The zero-order chi connectivity index (χ0) is 49.3. The lowest BCUT2D eigenvalue weighted by Gasteiger charge is -2.18. The minimum absolute atomic E-state index is 0.0791. The molecule has 0 saturated carbocycles. The van der Waals surface area contributed by atoms with Crippen molar-refractivity contribution >= 4 is 17.9 Å². The fourth-order valence-corrected chi connectivity index (χ4v) is 8.30. The molecule has 6 heteroatoms. The Morgan fingerprint density at radius 1 is 0.294 bits per heavy atom. The van der Waals surface area contributed by atoms with Crippen LogP contribution in [-0.2, 0) is 28.6 Å². The van der Waals surface area contributed by atoms with Gasteiger partial charge in [-0.25, -0.2) is 0 Å². The zero-order valence-corrected chi connectivity index (χ0v) is 45.1. The second-order valence-corrected chi connectivity index (χ2v) is 19.6. The standard InChI is InChI=1S/C62H110O6/c1-4-7-10-13-16-19-21-23-25-27-28-29-30-31-32-33-34-35-37-38-40-43-46-49-52-55-61(64)67-58-59(57-66-60(63)54-51-48-45-42-18-15-12-9-6-3)68-62(65)56-53-50-47-44-41-39-36-26-24-22-20-17-14-11-8-5-2/h20-23,26-28,30-31,36,59H,4-19,24-25,29,32-35,37-58H2,1-3H3/b22-20-,23-21-,28-27-,31-30-,36-26-. The van der Waals surface area contributed by atoms with Crippen LogP contribution in [0.25, 0.3) is 0 Å². The Bertz CT molecular complexity index is 1230. The Kier molecular flexibility index (Phi) is 54.3. The molecule has 0 aliphatic carbocycles. The van der Waals surface area contributed by atoms with E-state index in [4.69, 9.17) is 14.2 Å². The van der Waals surface area contributed by atoms with Crippen LogP contribution in [0.3, 0.4) is 0 Å². The second kappa shape index (κ2) is 56.7. The van der Waals surface area contributed by atoms with Crippen molar-refractivity contribution in [3.63, 3.8) is 0 Å². The number of ether oxygens (including phenoxy) is 3. The van der Waals surface area contributed by atoms with Crippen molar-refractivity contribution < 1.29 is 28.6 Å². The van der Waals surface area contributed by atoms with E-state index < -0.39 is 6.10 Å². The number of carbonyl (C=O) groups excluding carboxylic acids is 3. The van der Waals surface area contributed by atoms with Crippen LogP contribution in [0, 0.1) is 0 Å². The van der Waals surface area contributed by atoms with Gasteiger partial charge in [0, 0.05) is 19.3 Å². The van der Waals surface area contributed by atoms with Gasteiger partial charge in [0.05, 0.1) is 0 Å². The van der Waals surface area contributed by atoms with Crippen molar-refractivity contribution in [1.82, 2.24) is 0 Å². The number of esters is 3. The van der Waals surface area contributed by atoms with Gasteiger partial charge in [-0.05, 0) is 89.9 Å². The molecule has 0 saturated heterocycles. The van der Waals surface area contributed by atoms with Gasteiger partial charge in [-0.2, -0.15) is 0 Å². The molecule has 0 aliphatic rings. The summed E-state index contributed by atoms with van der Waals surface area (Å²) in [5.41, 5.74) is 0. The number of allylic oxidation sites excluding steroid dienone is 10. The summed E-state index contributed by atoms with van der Waals surface area (Å²) in [4.78, 5) is 38.0. The summed E-state index contributed by atoms with van der Waals surface area (Å²) < 4.78 is 16.8. The fourth-order valence-electron chi connectivity index (χ4n) is 8.30. The molecule has 0 spiro atoms. The predicted octanol–water partition coefficient (Wildman–Crippen LogP) is 19.6. The summed E-state index contributed by atoms with van der Waals surface area (Å²) >= 11 is 0. The third-order valence-corrected chi connectivity index (χ3v) is 12.7. The van der Waals surface area contributed by atoms with Crippen LogP contribution in [0.15, 0.2) is 60.8 Å². The van der Waals surface area contributed by atoms with Crippen LogP contribution in [0.1, 0.15) is 297 Å². The first-order chi connectivity index (χ1) is 33.5. The minimum atomic E-state index is -0.780. The number of carbonyl (C=O) groups is 3. The molecule has 0 radical (unpaired) electrons. The molecule has 6 nitrogen and oxygen atoms in total. The number of hydrogen-bond acceptors (Lipinski definition) is 6. The molecule has 394 valence electrons. The Balaban J connectivity index is 4.24. The molecule has 0 rings (SSSR count). The van der Waals surface area contributed by atoms with Gasteiger partial charge in [-0.3, -0.25) is 14.4 Å². The second-order valence-electron chi connectivity index (χ2n) is 19.6. The zero-order valence-electron chi connectivity index (χ0n) is 45.1. The first kappa shape index (κ1) is 65.1. The molecule has 0 aliphatic heterocycles. The summed E-state index contributed by atoms with van der Waals surface area (Å²) in [6, 6.07) is 0. The summed E-state index contributed by atoms with van der Waals surface area (Å²) in [5.74, 6) is -0.890.